The largest absolute Gasteiger partial charge is 0.301 e. The summed E-state index contributed by atoms with van der Waals surface area (Å²) >= 11 is 2.77. The number of pyridine rings is 1. The molecule has 1 N–H and O–H groups in total. The Kier molecular flexibility index (Phi) is 6.00. The van der Waals surface area contributed by atoms with E-state index in [1.807, 2.05) is 26.0 Å². The Labute approximate surface area is 158 Å². The van der Waals surface area contributed by atoms with Gasteiger partial charge in [0.05, 0.1) is 5.69 Å². The number of hydrogen-bond donors (Lipinski definition) is 1. The van der Waals surface area contributed by atoms with Crippen LogP contribution in [0.2, 0.25) is 0 Å². The van der Waals surface area contributed by atoms with E-state index in [1.54, 1.807) is 10.6 Å². The molecule has 0 aromatic carbocycles. The van der Waals surface area contributed by atoms with Crippen LogP contribution < -0.4 is 10.9 Å². The summed E-state index contributed by atoms with van der Waals surface area (Å²) in [5.41, 5.74) is 2.20. The van der Waals surface area contributed by atoms with Gasteiger partial charge in [-0.05, 0) is 25.0 Å². The molecule has 0 saturated carbocycles. The monoisotopic (exact) mass is 389 g/mol. The van der Waals surface area contributed by atoms with Gasteiger partial charge in [0.1, 0.15) is 5.65 Å². The average molecular weight is 390 g/mol. The highest BCUT2D eigenvalue weighted by Crippen LogP contribution is 2.28. The van der Waals surface area contributed by atoms with E-state index in [9.17, 15) is 9.59 Å². The van der Waals surface area contributed by atoms with Crippen molar-refractivity contribution in [3.05, 3.63) is 46.0 Å². The Hall–Kier alpha value is -2.26. The smallest absolute Gasteiger partial charge is 0.258 e. The first-order valence-electron chi connectivity index (χ1n) is 8.31. The third-order valence-corrected chi connectivity index (χ3v) is 5.70. The first-order chi connectivity index (χ1) is 12.6. The summed E-state index contributed by atoms with van der Waals surface area (Å²) in [6, 6.07) is 5.29. The maximum absolute atomic E-state index is 12.2. The molecule has 0 fully saturated rings. The number of rotatable bonds is 7. The van der Waals surface area contributed by atoms with Crippen LogP contribution >= 0.6 is 23.1 Å². The van der Waals surface area contributed by atoms with Crippen LogP contribution in [0.3, 0.4) is 0 Å². The molecule has 3 heterocycles. The van der Waals surface area contributed by atoms with Crippen LogP contribution in [0.25, 0.3) is 5.65 Å². The summed E-state index contributed by atoms with van der Waals surface area (Å²) in [5, 5.41) is 11.3. The number of carbonyl (C=O) groups is 1. The van der Waals surface area contributed by atoms with Crippen LogP contribution in [0.5, 0.6) is 0 Å². The van der Waals surface area contributed by atoms with Crippen molar-refractivity contribution in [2.75, 3.05) is 5.32 Å². The molecule has 7 nitrogen and oxygen atoms in total. The Morgan fingerprint density at radius 2 is 2.23 bits per heavy atom. The van der Waals surface area contributed by atoms with Crippen LogP contribution in [0.4, 0.5) is 5.13 Å². The van der Waals surface area contributed by atoms with Crippen LogP contribution in [-0.2, 0) is 10.5 Å². The van der Waals surface area contributed by atoms with Crippen LogP contribution in [0.1, 0.15) is 37.4 Å². The number of nitrogens with one attached hydrogen (secondary N) is 1. The Morgan fingerprint density at radius 3 is 3.04 bits per heavy atom. The van der Waals surface area contributed by atoms with Crippen molar-refractivity contribution in [2.24, 2.45) is 0 Å². The first kappa shape index (κ1) is 18.5. The van der Waals surface area contributed by atoms with Gasteiger partial charge < -0.3 is 5.32 Å². The number of thioether (sulfide) groups is 1. The SMILES string of the molecule is CCCCC(=O)Nc1nnc(SCc2cc(=O)n3cccc(C)c3n2)s1. The van der Waals surface area contributed by atoms with Crippen molar-refractivity contribution < 1.29 is 4.79 Å². The summed E-state index contributed by atoms with van der Waals surface area (Å²) in [6.07, 6.45) is 4.04. The van der Waals surface area contributed by atoms with Gasteiger partial charge in [0, 0.05) is 24.4 Å². The van der Waals surface area contributed by atoms with E-state index < -0.39 is 0 Å². The molecule has 136 valence electrons. The Balaban J connectivity index is 1.66. The quantitative estimate of drug-likeness (QED) is 0.493. The number of nitrogens with zero attached hydrogens (tertiary/aromatic N) is 4. The van der Waals surface area contributed by atoms with Crippen LogP contribution in [-0.4, -0.2) is 25.5 Å². The van der Waals surface area contributed by atoms with E-state index in [-0.39, 0.29) is 11.5 Å². The molecule has 0 aliphatic carbocycles. The number of anilines is 1. The number of fused-ring (bicyclic) bond motifs is 1. The third kappa shape index (κ3) is 4.47. The number of hydrogen-bond acceptors (Lipinski definition) is 7. The average Bonchev–Trinajstić information content (AvgIpc) is 3.06. The molecular weight excluding hydrogens is 370 g/mol. The zero-order valence-corrected chi connectivity index (χ0v) is 16.2. The normalized spacial score (nSPS) is 11.0. The van der Waals surface area contributed by atoms with Crippen molar-refractivity contribution in [1.82, 2.24) is 19.6 Å². The minimum Gasteiger partial charge on any atom is -0.301 e. The maximum Gasteiger partial charge on any atom is 0.258 e. The summed E-state index contributed by atoms with van der Waals surface area (Å²) in [4.78, 5) is 28.5. The molecule has 26 heavy (non-hydrogen) atoms. The Morgan fingerprint density at radius 1 is 1.38 bits per heavy atom. The molecule has 3 aromatic rings. The highest BCUT2D eigenvalue weighted by atomic mass is 32.2. The lowest BCUT2D eigenvalue weighted by Crippen LogP contribution is -2.15. The van der Waals surface area contributed by atoms with Gasteiger partial charge in [-0.2, -0.15) is 0 Å². The molecule has 0 aliphatic heterocycles. The lowest BCUT2D eigenvalue weighted by Gasteiger charge is -2.05. The minimum atomic E-state index is -0.101. The Bertz CT molecular complexity index is 983. The molecule has 0 spiro atoms. The molecule has 3 rings (SSSR count). The van der Waals surface area contributed by atoms with E-state index >= 15 is 0 Å². The van der Waals surface area contributed by atoms with Gasteiger partial charge in [-0.3, -0.25) is 14.0 Å². The molecule has 3 aromatic heterocycles. The van der Waals surface area contributed by atoms with E-state index in [4.69, 9.17) is 0 Å². The highest BCUT2D eigenvalue weighted by Gasteiger charge is 2.10. The molecular formula is C17H19N5O2S2. The van der Waals surface area contributed by atoms with Gasteiger partial charge in [-0.25, -0.2) is 4.98 Å². The van der Waals surface area contributed by atoms with E-state index in [2.05, 4.69) is 20.5 Å². The van der Waals surface area contributed by atoms with Gasteiger partial charge in [-0.15, -0.1) is 10.2 Å². The lowest BCUT2D eigenvalue weighted by molar-refractivity contribution is -0.116. The molecule has 0 unspecified atom stereocenters. The number of aryl methyl sites for hydroxylation is 1. The second-order valence-electron chi connectivity index (χ2n) is 5.78. The van der Waals surface area contributed by atoms with Gasteiger partial charge in [0.2, 0.25) is 11.0 Å². The molecule has 1 amide bonds. The first-order valence-corrected chi connectivity index (χ1v) is 10.1. The summed E-state index contributed by atoms with van der Waals surface area (Å²) < 4.78 is 2.26. The summed E-state index contributed by atoms with van der Waals surface area (Å²) in [7, 11) is 0. The number of amides is 1. The fourth-order valence-corrected chi connectivity index (χ4v) is 4.02. The van der Waals surface area contributed by atoms with Gasteiger partial charge in [0.25, 0.3) is 5.56 Å². The molecule has 9 heteroatoms. The van der Waals surface area contributed by atoms with E-state index in [0.29, 0.717) is 28.6 Å². The summed E-state index contributed by atoms with van der Waals surface area (Å²) in [5.74, 6) is 0.470. The van der Waals surface area contributed by atoms with E-state index in [1.165, 1.54) is 29.2 Å². The molecule has 0 bridgehead atoms. The van der Waals surface area contributed by atoms with Crippen molar-refractivity contribution in [1.29, 1.82) is 0 Å². The highest BCUT2D eigenvalue weighted by molar-refractivity contribution is 8.00. The van der Waals surface area contributed by atoms with Crippen LogP contribution in [0.15, 0.2) is 33.5 Å². The molecule has 0 atom stereocenters. The lowest BCUT2D eigenvalue weighted by atomic mass is 10.2. The zero-order chi connectivity index (χ0) is 18.5. The van der Waals surface area contributed by atoms with Crippen LogP contribution in [0, 0.1) is 6.92 Å². The molecule has 0 radical (unpaired) electrons. The van der Waals surface area contributed by atoms with Crippen molar-refractivity contribution >= 4 is 39.8 Å². The molecule has 0 saturated heterocycles. The van der Waals surface area contributed by atoms with Gasteiger partial charge in [0.15, 0.2) is 4.34 Å². The fraction of sp³-hybridized carbons (Fsp3) is 0.353. The number of unbranched alkanes of at least 4 members (excludes halogenated alkanes) is 1. The van der Waals surface area contributed by atoms with Gasteiger partial charge >= 0.3 is 0 Å². The summed E-state index contributed by atoms with van der Waals surface area (Å²) in [6.45, 7) is 3.97. The number of carbonyl (C=O) groups excluding carboxylic acids is 1. The predicted octanol–water partition coefficient (Wildman–Crippen LogP) is 3.28. The second-order valence-corrected chi connectivity index (χ2v) is 7.98. The van der Waals surface area contributed by atoms with Gasteiger partial charge in [-0.1, -0.05) is 42.5 Å². The zero-order valence-electron chi connectivity index (χ0n) is 14.6. The fourth-order valence-electron chi connectivity index (χ4n) is 2.36. The molecule has 0 aliphatic rings. The van der Waals surface area contributed by atoms with E-state index in [0.717, 1.165) is 22.7 Å². The standard InChI is InChI=1S/C17H19N5O2S2/c1-3-4-7-13(23)19-16-20-21-17(26-16)25-10-12-9-14(24)22-8-5-6-11(2)15(22)18-12/h5-6,8-9H,3-4,7,10H2,1-2H3,(H,19,20,23). The minimum absolute atomic E-state index is 0.0424. The maximum atomic E-state index is 12.2. The van der Waals surface area contributed by atoms with Crippen molar-refractivity contribution in [2.45, 2.75) is 43.2 Å². The third-order valence-electron chi connectivity index (χ3n) is 3.69. The second kappa shape index (κ2) is 8.41. The van der Waals surface area contributed by atoms with Crippen molar-refractivity contribution in [3.8, 4) is 0 Å². The van der Waals surface area contributed by atoms with Crippen molar-refractivity contribution in [3.63, 3.8) is 0 Å². The number of aromatic nitrogens is 4. The topological polar surface area (TPSA) is 89.2 Å². The predicted molar refractivity (Wildman–Crippen MR) is 104 cm³/mol.